The minimum absolute atomic E-state index is 0.265. The van der Waals surface area contributed by atoms with Gasteiger partial charge in [-0.15, -0.1) is 11.3 Å². The Labute approximate surface area is 145 Å². The number of rotatable bonds is 4. The van der Waals surface area contributed by atoms with Gasteiger partial charge in [0.2, 0.25) is 0 Å². The topological polar surface area (TPSA) is 47.5 Å². The lowest BCUT2D eigenvalue weighted by molar-refractivity contribution is 0.0971. The zero-order valence-corrected chi connectivity index (χ0v) is 14.9. The molecular formula is C19H20N2O2S. The molecule has 0 saturated carbocycles. The third kappa shape index (κ3) is 3.12. The number of amides is 1. The van der Waals surface area contributed by atoms with Gasteiger partial charge in [0, 0.05) is 11.4 Å². The summed E-state index contributed by atoms with van der Waals surface area (Å²) in [6, 6.07) is 11.8. The predicted molar refractivity (Wildman–Crippen MR) is 96.1 cm³/mol. The smallest absolute Gasteiger partial charge is 0.315 e. The van der Waals surface area contributed by atoms with Crippen LogP contribution in [0.2, 0.25) is 0 Å². The van der Waals surface area contributed by atoms with E-state index in [1.807, 2.05) is 0 Å². The Morgan fingerprint density at radius 1 is 1.21 bits per heavy atom. The standard InChI is InChI=1S/C19H20N2O2S/c1-4-16-17(14-10-8-13(3)9-11-14)21(5-2)19(24-16)20-18(22)15-7-6-12-23-15/h6-12H,4-5H2,1-3H3. The highest BCUT2D eigenvalue weighted by Gasteiger charge is 2.15. The fraction of sp³-hybridized carbons (Fsp3) is 0.263. The molecule has 0 aliphatic carbocycles. The maximum Gasteiger partial charge on any atom is 0.315 e. The van der Waals surface area contributed by atoms with E-state index in [1.54, 1.807) is 23.5 Å². The molecule has 3 rings (SSSR count). The van der Waals surface area contributed by atoms with E-state index in [-0.39, 0.29) is 11.7 Å². The quantitative estimate of drug-likeness (QED) is 0.705. The molecule has 124 valence electrons. The van der Waals surface area contributed by atoms with Gasteiger partial charge in [0.15, 0.2) is 10.6 Å². The highest BCUT2D eigenvalue weighted by atomic mass is 32.1. The summed E-state index contributed by atoms with van der Waals surface area (Å²) in [7, 11) is 0. The average molecular weight is 340 g/mol. The number of aromatic nitrogens is 1. The number of carbonyl (C=O) groups excluding carboxylic acids is 1. The Hall–Kier alpha value is -2.40. The lowest BCUT2D eigenvalue weighted by Gasteiger charge is -2.08. The molecule has 0 atom stereocenters. The van der Waals surface area contributed by atoms with Crippen molar-refractivity contribution in [1.82, 2.24) is 4.57 Å². The molecule has 2 heterocycles. The Bertz CT molecular complexity index is 900. The summed E-state index contributed by atoms with van der Waals surface area (Å²) in [6.07, 6.45) is 2.39. The minimum atomic E-state index is -0.346. The van der Waals surface area contributed by atoms with Crippen LogP contribution < -0.4 is 4.80 Å². The maximum atomic E-state index is 12.3. The largest absolute Gasteiger partial charge is 0.459 e. The second kappa shape index (κ2) is 7.01. The average Bonchev–Trinajstić information content (AvgIpc) is 3.23. The fourth-order valence-electron chi connectivity index (χ4n) is 2.65. The van der Waals surface area contributed by atoms with E-state index in [1.165, 1.54) is 16.7 Å². The van der Waals surface area contributed by atoms with Crippen molar-refractivity contribution in [1.29, 1.82) is 0 Å². The third-order valence-electron chi connectivity index (χ3n) is 3.87. The summed E-state index contributed by atoms with van der Waals surface area (Å²) in [6.45, 7) is 7.03. The minimum Gasteiger partial charge on any atom is -0.459 e. The van der Waals surface area contributed by atoms with E-state index in [0.29, 0.717) is 4.80 Å². The van der Waals surface area contributed by atoms with E-state index in [0.717, 1.165) is 24.2 Å². The number of benzene rings is 1. The van der Waals surface area contributed by atoms with Crippen molar-refractivity contribution in [2.24, 2.45) is 4.99 Å². The maximum absolute atomic E-state index is 12.3. The summed E-state index contributed by atoms with van der Waals surface area (Å²) >= 11 is 1.57. The molecule has 24 heavy (non-hydrogen) atoms. The highest BCUT2D eigenvalue weighted by molar-refractivity contribution is 7.09. The number of furan rings is 1. The number of aryl methyl sites for hydroxylation is 2. The highest BCUT2D eigenvalue weighted by Crippen LogP contribution is 2.27. The molecular weight excluding hydrogens is 320 g/mol. The van der Waals surface area contributed by atoms with Gasteiger partial charge in [-0.25, -0.2) is 0 Å². The van der Waals surface area contributed by atoms with Gasteiger partial charge in [-0.1, -0.05) is 36.8 Å². The zero-order chi connectivity index (χ0) is 17.1. The van der Waals surface area contributed by atoms with Crippen LogP contribution in [0, 0.1) is 6.92 Å². The fourth-order valence-corrected chi connectivity index (χ4v) is 3.80. The van der Waals surface area contributed by atoms with Crippen LogP contribution in [0.25, 0.3) is 11.3 Å². The first-order chi connectivity index (χ1) is 11.6. The van der Waals surface area contributed by atoms with Crippen LogP contribution in [0.15, 0.2) is 52.1 Å². The molecule has 0 unspecified atom stereocenters. The molecule has 0 fully saturated rings. The second-order valence-electron chi connectivity index (χ2n) is 5.51. The molecule has 0 N–H and O–H groups in total. The molecule has 2 aromatic heterocycles. The Balaban J connectivity index is 2.15. The van der Waals surface area contributed by atoms with Gasteiger partial charge < -0.3 is 8.98 Å². The molecule has 0 spiro atoms. The van der Waals surface area contributed by atoms with Crippen molar-refractivity contribution in [3.8, 4) is 11.3 Å². The summed E-state index contributed by atoms with van der Waals surface area (Å²) in [4.78, 5) is 18.5. The Morgan fingerprint density at radius 2 is 1.96 bits per heavy atom. The van der Waals surface area contributed by atoms with Crippen LogP contribution in [0.3, 0.4) is 0 Å². The van der Waals surface area contributed by atoms with Gasteiger partial charge in [0.05, 0.1) is 12.0 Å². The summed E-state index contributed by atoms with van der Waals surface area (Å²) in [5.41, 5.74) is 3.53. The predicted octanol–water partition coefficient (Wildman–Crippen LogP) is 4.44. The lowest BCUT2D eigenvalue weighted by Crippen LogP contribution is -2.17. The van der Waals surface area contributed by atoms with Gasteiger partial charge in [0.1, 0.15) is 0 Å². The Morgan fingerprint density at radius 3 is 2.54 bits per heavy atom. The second-order valence-corrected chi connectivity index (χ2v) is 6.58. The normalized spacial score (nSPS) is 11.9. The van der Waals surface area contributed by atoms with Crippen LogP contribution >= 0.6 is 11.3 Å². The van der Waals surface area contributed by atoms with E-state index < -0.39 is 0 Å². The van der Waals surface area contributed by atoms with Crippen molar-refractivity contribution in [3.05, 3.63) is 63.7 Å². The van der Waals surface area contributed by atoms with E-state index >= 15 is 0 Å². The molecule has 4 nitrogen and oxygen atoms in total. The first-order valence-corrected chi connectivity index (χ1v) is 8.87. The van der Waals surface area contributed by atoms with Crippen LogP contribution in [0.5, 0.6) is 0 Å². The van der Waals surface area contributed by atoms with E-state index in [9.17, 15) is 4.79 Å². The zero-order valence-electron chi connectivity index (χ0n) is 14.1. The molecule has 0 aliphatic heterocycles. The monoisotopic (exact) mass is 340 g/mol. The van der Waals surface area contributed by atoms with Gasteiger partial charge in [-0.05, 0) is 38.0 Å². The number of thiazole rings is 1. The van der Waals surface area contributed by atoms with Crippen molar-refractivity contribution < 1.29 is 9.21 Å². The number of hydrogen-bond donors (Lipinski definition) is 0. The van der Waals surface area contributed by atoms with Crippen molar-refractivity contribution in [2.45, 2.75) is 33.7 Å². The molecule has 1 amide bonds. The van der Waals surface area contributed by atoms with E-state index in [4.69, 9.17) is 4.42 Å². The lowest BCUT2D eigenvalue weighted by atomic mass is 10.1. The Kier molecular flexibility index (Phi) is 4.81. The van der Waals surface area contributed by atoms with Gasteiger partial charge >= 0.3 is 5.91 Å². The molecule has 0 bridgehead atoms. The number of carbonyl (C=O) groups is 1. The molecule has 0 aliphatic rings. The number of hydrogen-bond acceptors (Lipinski definition) is 3. The van der Waals surface area contributed by atoms with Gasteiger partial charge in [0.25, 0.3) is 0 Å². The first-order valence-electron chi connectivity index (χ1n) is 8.06. The van der Waals surface area contributed by atoms with Gasteiger partial charge in [-0.3, -0.25) is 4.79 Å². The molecule has 5 heteroatoms. The number of nitrogens with zero attached hydrogens (tertiary/aromatic N) is 2. The van der Waals surface area contributed by atoms with E-state index in [2.05, 4.69) is 54.6 Å². The van der Waals surface area contributed by atoms with Gasteiger partial charge in [-0.2, -0.15) is 4.99 Å². The summed E-state index contributed by atoms with van der Waals surface area (Å²) in [5, 5.41) is 0. The summed E-state index contributed by atoms with van der Waals surface area (Å²) < 4.78 is 7.26. The van der Waals surface area contributed by atoms with Crippen LogP contribution in [-0.4, -0.2) is 10.5 Å². The van der Waals surface area contributed by atoms with Crippen LogP contribution in [0.4, 0.5) is 0 Å². The van der Waals surface area contributed by atoms with Crippen molar-refractivity contribution in [2.75, 3.05) is 0 Å². The molecule has 0 radical (unpaired) electrons. The molecule has 0 saturated heterocycles. The molecule has 1 aromatic carbocycles. The summed E-state index contributed by atoms with van der Waals surface area (Å²) in [5.74, 6) is -0.0810. The SMILES string of the molecule is CCc1sc(=NC(=O)c2ccco2)n(CC)c1-c1ccc(C)cc1. The first kappa shape index (κ1) is 16.5. The molecule has 3 aromatic rings. The van der Waals surface area contributed by atoms with Crippen molar-refractivity contribution >= 4 is 17.2 Å². The van der Waals surface area contributed by atoms with Crippen molar-refractivity contribution in [3.63, 3.8) is 0 Å². The third-order valence-corrected chi connectivity index (χ3v) is 5.09. The van der Waals surface area contributed by atoms with Crippen LogP contribution in [0.1, 0.15) is 34.8 Å². The van der Waals surface area contributed by atoms with Crippen LogP contribution in [-0.2, 0) is 13.0 Å².